The van der Waals surface area contributed by atoms with Gasteiger partial charge in [0.05, 0.1) is 7.11 Å². The molecule has 2 atom stereocenters. The van der Waals surface area contributed by atoms with Gasteiger partial charge in [0.15, 0.2) is 0 Å². The summed E-state index contributed by atoms with van der Waals surface area (Å²) in [5.41, 5.74) is 2.32. The summed E-state index contributed by atoms with van der Waals surface area (Å²) in [5, 5.41) is 4.34. The largest absolute Gasteiger partial charge is 0.497 e. The van der Waals surface area contributed by atoms with E-state index in [1.807, 2.05) is 30.3 Å². The molecule has 0 saturated carbocycles. The Morgan fingerprint density at radius 1 is 1.05 bits per heavy atom. The van der Waals surface area contributed by atoms with Gasteiger partial charge in [0, 0.05) is 21.6 Å². The molecule has 2 nitrogen and oxygen atoms in total. The van der Waals surface area contributed by atoms with Crippen LogP contribution in [0, 0.1) is 0 Å². The zero-order chi connectivity index (χ0) is 15.4. The quantitative estimate of drug-likeness (QED) is 0.750. The summed E-state index contributed by atoms with van der Waals surface area (Å²) < 4.78 is 6.18. The smallest absolute Gasteiger partial charge is 0.118 e. The van der Waals surface area contributed by atoms with E-state index in [1.165, 1.54) is 5.56 Å². The molecule has 4 heteroatoms. The highest BCUT2D eigenvalue weighted by atomic mass is 79.9. The molecule has 1 N–H and O–H groups in total. The van der Waals surface area contributed by atoms with Crippen LogP contribution in [0.4, 0.5) is 0 Å². The van der Waals surface area contributed by atoms with E-state index in [0.717, 1.165) is 20.8 Å². The van der Waals surface area contributed by atoms with E-state index in [-0.39, 0.29) is 12.1 Å². The van der Waals surface area contributed by atoms with Gasteiger partial charge in [0.2, 0.25) is 0 Å². The van der Waals surface area contributed by atoms with Gasteiger partial charge in [-0.25, -0.2) is 0 Å². The Morgan fingerprint density at radius 3 is 2.29 bits per heavy atom. The number of hydrogen-bond donors (Lipinski definition) is 1. The van der Waals surface area contributed by atoms with Gasteiger partial charge in [-0.1, -0.05) is 45.7 Å². The predicted octanol–water partition coefficient (Wildman–Crippen LogP) is 5.52. The lowest BCUT2D eigenvalue weighted by atomic mass is 10.0. The first-order chi connectivity index (χ1) is 10.0. The minimum Gasteiger partial charge on any atom is -0.497 e. The fraction of sp³-hybridized carbons (Fsp3) is 0.294. The van der Waals surface area contributed by atoms with E-state index in [9.17, 15) is 0 Å². The second kappa shape index (κ2) is 7.30. The highest BCUT2D eigenvalue weighted by Crippen LogP contribution is 2.28. The highest BCUT2D eigenvalue weighted by Gasteiger charge is 2.14. The fourth-order valence-electron chi connectivity index (χ4n) is 2.31. The molecular formula is C17H19BrClNO. The van der Waals surface area contributed by atoms with Gasteiger partial charge in [-0.3, -0.25) is 0 Å². The summed E-state index contributed by atoms with van der Waals surface area (Å²) in [6.45, 7) is 4.26. The normalized spacial score (nSPS) is 13.8. The second-order valence-corrected chi connectivity index (χ2v) is 6.37. The zero-order valence-electron chi connectivity index (χ0n) is 12.4. The first-order valence-electron chi connectivity index (χ1n) is 6.86. The van der Waals surface area contributed by atoms with Crippen LogP contribution in [0.5, 0.6) is 5.75 Å². The number of ether oxygens (including phenoxy) is 1. The van der Waals surface area contributed by atoms with Crippen molar-refractivity contribution < 1.29 is 4.74 Å². The standard InChI is InChI=1S/C17H19BrClNO/c1-11(13-4-7-15(21-3)8-5-13)20-12(2)16-9-6-14(18)10-17(16)19/h4-12,20H,1-3H3/t11-,12?/m0/s1. The van der Waals surface area contributed by atoms with Crippen molar-refractivity contribution in [1.82, 2.24) is 5.32 Å². The van der Waals surface area contributed by atoms with Crippen molar-refractivity contribution in [1.29, 1.82) is 0 Å². The van der Waals surface area contributed by atoms with Gasteiger partial charge < -0.3 is 10.1 Å². The number of methoxy groups -OCH3 is 1. The number of benzene rings is 2. The molecule has 0 bridgehead atoms. The van der Waals surface area contributed by atoms with E-state index in [4.69, 9.17) is 16.3 Å². The molecule has 0 saturated heterocycles. The molecule has 0 aliphatic carbocycles. The highest BCUT2D eigenvalue weighted by molar-refractivity contribution is 9.10. The van der Waals surface area contributed by atoms with Crippen LogP contribution >= 0.6 is 27.5 Å². The van der Waals surface area contributed by atoms with Crippen molar-refractivity contribution in [2.45, 2.75) is 25.9 Å². The van der Waals surface area contributed by atoms with Crippen molar-refractivity contribution in [2.75, 3.05) is 7.11 Å². The second-order valence-electron chi connectivity index (χ2n) is 5.05. The van der Waals surface area contributed by atoms with Crippen LogP contribution in [0.2, 0.25) is 5.02 Å². The first-order valence-corrected chi connectivity index (χ1v) is 8.03. The average molecular weight is 369 g/mol. The van der Waals surface area contributed by atoms with E-state index in [2.05, 4.69) is 47.2 Å². The minimum absolute atomic E-state index is 0.169. The molecule has 0 radical (unpaired) electrons. The van der Waals surface area contributed by atoms with Gasteiger partial charge in [-0.15, -0.1) is 0 Å². The maximum absolute atomic E-state index is 6.31. The molecule has 2 aromatic carbocycles. The van der Waals surface area contributed by atoms with Crippen LogP contribution in [-0.2, 0) is 0 Å². The maximum atomic E-state index is 6.31. The number of nitrogens with one attached hydrogen (secondary N) is 1. The molecule has 112 valence electrons. The summed E-state index contributed by atoms with van der Waals surface area (Å²) >= 11 is 9.74. The molecule has 2 aromatic rings. The zero-order valence-corrected chi connectivity index (χ0v) is 14.7. The third-order valence-corrected chi connectivity index (χ3v) is 4.37. The van der Waals surface area contributed by atoms with Crippen LogP contribution in [0.3, 0.4) is 0 Å². The first kappa shape index (κ1) is 16.3. The minimum atomic E-state index is 0.169. The molecule has 2 rings (SSSR count). The fourth-order valence-corrected chi connectivity index (χ4v) is 3.14. The molecule has 0 aliphatic heterocycles. The van der Waals surface area contributed by atoms with Crippen molar-refractivity contribution in [3.05, 3.63) is 63.1 Å². The Labute approximate surface area is 139 Å². The number of hydrogen-bond acceptors (Lipinski definition) is 2. The van der Waals surface area contributed by atoms with Crippen molar-refractivity contribution in [3.63, 3.8) is 0 Å². The predicted molar refractivity (Wildman–Crippen MR) is 92.1 cm³/mol. The topological polar surface area (TPSA) is 21.3 Å². The molecule has 0 fully saturated rings. The molecule has 0 amide bonds. The lowest BCUT2D eigenvalue weighted by Gasteiger charge is -2.22. The maximum Gasteiger partial charge on any atom is 0.118 e. The van der Waals surface area contributed by atoms with E-state index < -0.39 is 0 Å². The summed E-state index contributed by atoms with van der Waals surface area (Å²) in [7, 11) is 1.67. The monoisotopic (exact) mass is 367 g/mol. The molecule has 0 heterocycles. The van der Waals surface area contributed by atoms with Gasteiger partial charge >= 0.3 is 0 Å². The summed E-state index contributed by atoms with van der Waals surface area (Å²) in [6, 6.07) is 14.5. The Kier molecular flexibility index (Phi) is 5.68. The average Bonchev–Trinajstić information content (AvgIpc) is 2.47. The molecule has 0 aliphatic rings. The Bertz CT molecular complexity index is 600. The Balaban J connectivity index is 2.08. The van der Waals surface area contributed by atoms with Crippen LogP contribution in [-0.4, -0.2) is 7.11 Å². The Hall–Kier alpha value is -1.03. The summed E-state index contributed by atoms with van der Waals surface area (Å²) in [4.78, 5) is 0. The van der Waals surface area contributed by atoms with Crippen molar-refractivity contribution in [3.8, 4) is 5.75 Å². The van der Waals surface area contributed by atoms with Crippen LogP contribution in [0.1, 0.15) is 37.1 Å². The van der Waals surface area contributed by atoms with Crippen LogP contribution in [0.15, 0.2) is 46.9 Å². The molecule has 21 heavy (non-hydrogen) atoms. The summed E-state index contributed by atoms with van der Waals surface area (Å²) in [5.74, 6) is 0.870. The number of halogens is 2. The molecular weight excluding hydrogens is 350 g/mol. The van der Waals surface area contributed by atoms with Crippen molar-refractivity contribution in [2.24, 2.45) is 0 Å². The van der Waals surface area contributed by atoms with E-state index in [0.29, 0.717) is 0 Å². The Morgan fingerprint density at radius 2 is 1.71 bits per heavy atom. The third kappa shape index (κ3) is 4.22. The SMILES string of the molecule is COc1ccc([C@H](C)NC(C)c2ccc(Br)cc2Cl)cc1. The van der Waals surface area contributed by atoms with Gasteiger partial charge in [-0.05, 0) is 49.2 Å². The summed E-state index contributed by atoms with van der Waals surface area (Å²) in [6.07, 6.45) is 0. The van der Waals surface area contributed by atoms with E-state index >= 15 is 0 Å². The lowest BCUT2D eigenvalue weighted by Crippen LogP contribution is -2.22. The van der Waals surface area contributed by atoms with Gasteiger partial charge in [0.25, 0.3) is 0 Å². The third-order valence-electron chi connectivity index (χ3n) is 3.54. The molecule has 1 unspecified atom stereocenters. The molecule has 0 aromatic heterocycles. The van der Waals surface area contributed by atoms with Gasteiger partial charge in [0.1, 0.15) is 5.75 Å². The van der Waals surface area contributed by atoms with Crippen molar-refractivity contribution >= 4 is 27.5 Å². The van der Waals surface area contributed by atoms with E-state index in [1.54, 1.807) is 7.11 Å². The van der Waals surface area contributed by atoms with Gasteiger partial charge in [-0.2, -0.15) is 0 Å². The number of rotatable bonds is 5. The van der Waals surface area contributed by atoms with Crippen LogP contribution < -0.4 is 10.1 Å². The lowest BCUT2D eigenvalue weighted by molar-refractivity contribution is 0.414. The van der Waals surface area contributed by atoms with Crippen LogP contribution in [0.25, 0.3) is 0 Å². The molecule has 0 spiro atoms.